The van der Waals surface area contributed by atoms with E-state index in [9.17, 15) is 4.79 Å². The van der Waals surface area contributed by atoms with Crippen LogP contribution in [-0.2, 0) is 4.79 Å². The van der Waals surface area contributed by atoms with E-state index in [1.807, 2.05) is 25.1 Å². The normalized spacial score (nSPS) is 17.4. The molecule has 0 spiro atoms. The van der Waals surface area contributed by atoms with Gasteiger partial charge in [-0.15, -0.1) is 11.8 Å². The van der Waals surface area contributed by atoms with Crippen LogP contribution in [-0.4, -0.2) is 17.2 Å². The number of hydrogen-bond acceptors (Lipinski definition) is 3. The Labute approximate surface area is 126 Å². The van der Waals surface area contributed by atoms with Crippen LogP contribution in [0, 0.1) is 0 Å². The van der Waals surface area contributed by atoms with E-state index in [0.29, 0.717) is 6.04 Å². The molecule has 2 rings (SSSR count). The standard InChI is InChI=1S/C14H19BrN2OS/c1-9(14(18)17-11-4-2-3-5-11)19-13-7-6-10(16)8-12(13)15/h6-9,11H,2-5,16H2,1H3,(H,17,18). The fourth-order valence-electron chi connectivity index (χ4n) is 2.25. The Morgan fingerprint density at radius 3 is 2.79 bits per heavy atom. The molecule has 1 atom stereocenters. The van der Waals surface area contributed by atoms with Crippen molar-refractivity contribution in [1.82, 2.24) is 5.32 Å². The van der Waals surface area contributed by atoms with Crippen molar-refractivity contribution in [2.45, 2.75) is 48.8 Å². The van der Waals surface area contributed by atoms with Gasteiger partial charge in [0.1, 0.15) is 0 Å². The summed E-state index contributed by atoms with van der Waals surface area (Å²) in [4.78, 5) is 13.2. The molecule has 0 heterocycles. The minimum Gasteiger partial charge on any atom is -0.399 e. The second-order valence-corrected chi connectivity index (χ2v) is 7.18. The van der Waals surface area contributed by atoms with E-state index in [-0.39, 0.29) is 11.2 Å². The molecule has 1 saturated carbocycles. The zero-order chi connectivity index (χ0) is 13.8. The van der Waals surface area contributed by atoms with Gasteiger partial charge in [-0.3, -0.25) is 4.79 Å². The lowest BCUT2D eigenvalue weighted by molar-refractivity contribution is -0.120. The SMILES string of the molecule is CC(Sc1ccc(N)cc1Br)C(=O)NC1CCCC1. The van der Waals surface area contributed by atoms with Crippen LogP contribution in [0.15, 0.2) is 27.6 Å². The molecule has 1 aliphatic rings. The van der Waals surface area contributed by atoms with E-state index >= 15 is 0 Å². The van der Waals surface area contributed by atoms with Gasteiger partial charge in [0.15, 0.2) is 0 Å². The fourth-order valence-corrected chi connectivity index (χ4v) is 3.80. The van der Waals surface area contributed by atoms with E-state index in [2.05, 4.69) is 21.2 Å². The Morgan fingerprint density at radius 2 is 2.16 bits per heavy atom. The van der Waals surface area contributed by atoms with Gasteiger partial charge in [-0.1, -0.05) is 12.8 Å². The molecule has 1 aromatic carbocycles. The topological polar surface area (TPSA) is 55.1 Å². The number of benzene rings is 1. The fraction of sp³-hybridized carbons (Fsp3) is 0.500. The minimum atomic E-state index is -0.0967. The van der Waals surface area contributed by atoms with Gasteiger partial charge in [-0.05, 0) is 53.9 Å². The number of anilines is 1. The van der Waals surface area contributed by atoms with Crippen LogP contribution in [0.4, 0.5) is 5.69 Å². The number of rotatable bonds is 4. The Kier molecular flexibility index (Phi) is 5.16. The summed E-state index contributed by atoms with van der Waals surface area (Å²) in [5, 5.41) is 3.03. The van der Waals surface area contributed by atoms with Gasteiger partial charge in [0, 0.05) is 21.1 Å². The van der Waals surface area contributed by atoms with E-state index < -0.39 is 0 Å². The molecule has 5 heteroatoms. The first-order chi connectivity index (χ1) is 9.06. The lowest BCUT2D eigenvalue weighted by atomic mass is 10.2. The third-order valence-electron chi connectivity index (χ3n) is 3.33. The van der Waals surface area contributed by atoms with Crippen LogP contribution < -0.4 is 11.1 Å². The molecule has 1 aromatic rings. The van der Waals surface area contributed by atoms with E-state index in [0.717, 1.165) is 27.9 Å². The summed E-state index contributed by atoms with van der Waals surface area (Å²) < 4.78 is 0.943. The first-order valence-corrected chi connectivity index (χ1v) is 8.25. The van der Waals surface area contributed by atoms with Crippen molar-refractivity contribution in [3.63, 3.8) is 0 Å². The zero-order valence-corrected chi connectivity index (χ0v) is 13.4. The number of thioether (sulfide) groups is 1. The van der Waals surface area contributed by atoms with E-state index in [1.54, 1.807) is 11.8 Å². The lowest BCUT2D eigenvalue weighted by Crippen LogP contribution is -2.37. The van der Waals surface area contributed by atoms with Crippen LogP contribution in [0.25, 0.3) is 0 Å². The first kappa shape index (κ1) is 14.7. The number of nitrogens with two attached hydrogens (primary N) is 1. The number of hydrogen-bond donors (Lipinski definition) is 2. The molecule has 1 aliphatic carbocycles. The molecule has 0 radical (unpaired) electrons. The summed E-state index contributed by atoms with van der Waals surface area (Å²) in [7, 11) is 0. The number of carbonyl (C=O) groups excluding carboxylic acids is 1. The van der Waals surface area contributed by atoms with Gasteiger partial charge in [0.25, 0.3) is 0 Å². The molecule has 0 bridgehead atoms. The monoisotopic (exact) mass is 342 g/mol. The van der Waals surface area contributed by atoms with Crippen molar-refractivity contribution in [2.75, 3.05) is 5.73 Å². The molecule has 3 N–H and O–H groups in total. The maximum absolute atomic E-state index is 12.1. The highest BCUT2D eigenvalue weighted by molar-refractivity contribution is 9.10. The third-order valence-corrected chi connectivity index (χ3v) is 5.43. The predicted molar refractivity (Wildman–Crippen MR) is 84.3 cm³/mol. The molecule has 104 valence electrons. The van der Waals surface area contributed by atoms with Crippen LogP contribution in [0.3, 0.4) is 0 Å². The zero-order valence-electron chi connectivity index (χ0n) is 11.0. The molecule has 0 saturated heterocycles. The summed E-state index contributed by atoms with van der Waals surface area (Å²) in [6, 6.07) is 6.05. The molecule has 1 amide bonds. The maximum Gasteiger partial charge on any atom is 0.233 e. The summed E-state index contributed by atoms with van der Waals surface area (Å²) in [6.45, 7) is 1.94. The van der Waals surface area contributed by atoms with Crippen molar-refractivity contribution < 1.29 is 4.79 Å². The molecule has 19 heavy (non-hydrogen) atoms. The number of nitrogen functional groups attached to an aromatic ring is 1. The largest absolute Gasteiger partial charge is 0.399 e. The van der Waals surface area contributed by atoms with Crippen molar-refractivity contribution in [1.29, 1.82) is 0 Å². The average Bonchev–Trinajstić information content (AvgIpc) is 2.85. The van der Waals surface area contributed by atoms with Gasteiger partial charge in [-0.25, -0.2) is 0 Å². The number of carbonyl (C=O) groups is 1. The highest BCUT2D eigenvalue weighted by Crippen LogP contribution is 2.32. The second-order valence-electron chi connectivity index (χ2n) is 4.94. The van der Waals surface area contributed by atoms with Crippen LogP contribution in [0.1, 0.15) is 32.6 Å². The number of halogens is 1. The predicted octanol–water partition coefficient (Wildman–Crippen LogP) is 3.57. The maximum atomic E-state index is 12.1. The first-order valence-electron chi connectivity index (χ1n) is 6.58. The summed E-state index contributed by atoms with van der Waals surface area (Å²) in [5.74, 6) is 0.126. The van der Waals surface area contributed by atoms with Crippen molar-refractivity contribution in [3.05, 3.63) is 22.7 Å². The van der Waals surface area contributed by atoms with Crippen LogP contribution in [0.5, 0.6) is 0 Å². The van der Waals surface area contributed by atoms with Crippen molar-refractivity contribution in [3.8, 4) is 0 Å². The molecule has 1 fully saturated rings. The summed E-state index contributed by atoms with van der Waals surface area (Å²) >= 11 is 5.04. The molecule has 0 aliphatic heterocycles. The molecule has 0 aromatic heterocycles. The van der Waals surface area contributed by atoms with Gasteiger partial charge in [-0.2, -0.15) is 0 Å². The van der Waals surface area contributed by atoms with Gasteiger partial charge >= 0.3 is 0 Å². The Balaban J connectivity index is 1.92. The number of amides is 1. The van der Waals surface area contributed by atoms with Crippen molar-refractivity contribution >= 4 is 39.3 Å². The minimum absolute atomic E-state index is 0.0967. The molecule has 1 unspecified atom stereocenters. The van der Waals surface area contributed by atoms with E-state index in [1.165, 1.54) is 12.8 Å². The van der Waals surface area contributed by atoms with Gasteiger partial charge in [0.2, 0.25) is 5.91 Å². The third kappa shape index (κ3) is 4.14. The van der Waals surface area contributed by atoms with Crippen molar-refractivity contribution in [2.24, 2.45) is 0 Å². The molecular formula is C14H19BrN2OS. The summed E-state index contributed by atoms with van der Waals surface area (Å²) in [5.41, 5.74) is 6.43. The smallest absolute Gasteiger partial charge is 0.233 e. The highest BCUT2D eigenvalue weighted by atomic mass is 79.9. The Bertz CT molecular complexity index is 461. The van der Waals surface area contributed by atoms with Crippen LogP contribution in [0.2, 0.25) is 0 Å². The quantitative estimate of drug-likeness (QED) is 0.649. The van der Waals surface area contributed by atoms with Crippen LogP contribution >= 0.6 is 27.7 Å². The van der Waals surface area contributed by atoms with Gasteiger partial charge < -0.3 is 11.1 Å². The number of nitrogens with one attached hydrogen (secondary N) is 1. The Morgan fingerprint density at radius 1 is 1.47 bits per heavy atom. The van der Waals surface area contributed by atoms with E-state index in [4.69, 9.17) is 5.73 Å². The molecule has 3 nitrogen and oxygen atoms in total. The highest BCUT2D eigenvalue weighted by Gasteiger charge is 2.21. The Hall–Kier alpha value is -0.680. The lowest BCUT2D eigenvalue weighted by Gasteiger charge is -2.17. The second kappa shape index (κ2) is 6.66. The average molecular weight is 343 g/mol. The van der Waals surface area contributed by atoms with Gasteiger partial charge in [0.05, 0.1) is 5.25 Å². The molecular weight excluding hydrogens is 324 g/mol. The summed E-state index contributed by atoms with van der Waals surface area (Å²) in [6.07, 6.45) is 4.70.